The number of fused-ring (bicyclic) bond motifs is 1. The van der Waals surface area contributed by atoms with Crippen LogP contribution in [0.4, 0.5) is 0 Å². The van der Waals surface area contributed by atoms with Gasteiger partial charge in [-0.2, -0.15) is 10.2 Å². The predicted octanol–water partition coefficient (Wildman–Crippen LogP) is 1.97. The number of hydrogen-bond donors (Lipinski definition) is 1. The average Bonchev–Trinajstić information content (AvgIpc) is 3.12. The summed E-state index contributed by atoms with van der Waals surface area (Å²) >= 11 is 0. The summed E-state index contributed by atoms with van der Waals surface area (Å²) in [5.41, 5.74) is 4.14. The van der Waals surface area contributed by atoms with Crippen LogP contribution in [0.5, 0.6) is 5.75 Å². The lowest BCUT2D eigenvalue weighted by Crippen LogP contribution is -2.30. The van der Waals surface area contributed by atoms with Gasteiger partial charge in [-0.25, -0.2) is 0 Å². The van der Waals surface area contributed by atoms with Crippen molar-refractivity contribution in [3.63, 3.8) is 0 Å². The number of amides is 1. The molecular formula is C18H23N5O2. The highest BCUT2D eigenvalue weighted by Crippen LogP contribution is 2.16. The zero-order valence-electron chi connectivity index (χ0n) is 14.8. The second-order valence-corrected chi connectivity index (χ2v) is 6.12. The average molecular weight is 341 g/mol. The largest absolute Gasteiger partial charge is 0.484 e. The van der Waals surface area contributed by atoms with Gasteiger partial charge in [0.2, 0.25) is 0 Å². The first-order valence-electron chi connectivity index (χ1n) is 8.36. The number of nitrogens with one attached hydrogen (secondary N) is 1. The van der Waals surface area contributed by atoms with Gasteiger partial charge in [-0.15, -0.1) is 0 Å². The van der Waals surface area contributed by atoms with Crippen molar-refractivity contribution in [3.05, 3.63) is 41.7 Å². The van der Waals surface area contributed by atoms with Crippen LogP contribution in [0.2, 0.25) is 0 Å². The first-order valence-corrected chi connectivity index (χ1v) is 8.36. The molecule has 7 nitrogen and oxygen atoms in total. The third kappa shape index (κ3) is 3.99. The van der Waals surface area contributed by atoms with Crippen LogP contribution in [0.15, 0.2) is 30.5 Å². The first-order chi connectivity index (χ1) is 12.0. The molecule has 2 aromatic heterocycles. The van der Waals surface area contributed by atoms with Crippen molar-refractivity contribution in [2.24, 2.45) is 7.05 Å². The number of carbonyl (C=O) groups excluding carboxylic acids is 1. The maximum atomic E-state index is 11.9. The topological polar surface area (TPSA) is 74.0 Å². The molecule has 0 spiro atoms. The zero-order valence-corrected chi connectivity index (χ0v) is 14.8. The Kier molecular flexibility index (Phi) is 5.02. The smallest absolute Gasteiger partial charge is 0.257 e. The van der Waals surface area contributed by atoms with Crippen molar-refractivity contribution in [1.82, 2.24) is 24.9 Å². The number of aryl methyl sites for hydroxylation is 4. The van der Waals surface area contributed by atoms with Gasteiger partial charge >= 0.3 is 0 Å². The SMILES string of the molecule is Cc1cccc(OCC(=O)NCCCn2ncc3c2c(C)nn3C)c1. The third-order valence-corrected chi connectivity index (χ3v) is 4.04. The second kappa shape index (κ2) is 7.38. The normalized spacial score (nSPS) is 11.0. The quantitative estimate of drug-likeness (QED) is 0.667. The van der Waals surface area contributed by atoms with Gasteiger partial charge in [0, 0.05) is 20.1 Å². The van der Waals surface area contributed by atoms with Crippen LogP contribution in [0.1, 0.15) is 17.7 Å². The number of benzene rings is 1. The van der Waals surface area contributed by atoms with E-state index in [2.05, 4.69) is 15.5 Å². The van der Waals surface area contributed by atoms with E-state index in [0.717, 1.165) is 35.3 Å². The van der Waals surface area contributed by atoms with Crippen molar-refractivity contribution >= 4 is 16.9 Å². The second-order valence-electron chi connectivity index (χ2n) is 6.12. The van der Waals surface area contributed by atoms with Gasteiger partial charge < -0.3 is 10.1 Å². The fourth-order valence-electron chi connectivity index (χ4n) is 2.84. The van der Waals surface area contributed by atoms with E-state index in [1.54, 1.807) is 0 Å². The molecule has 1 amide bonds. The number of ether oxygens (including phenoxy) is 1. The molecule has 0 radical (unpaired) electrons. The molecule has 132 valence electrons. The molecule has 0 aliphatic heterocycles. The zero-order chi connectivity index (χ0) is 17.8. The molecule has 7 heteroatoms. The van der Waals surface area contributed by atoms with Crippen molar-refractivity contribution in [1.29, 1.82) is 0 Å². The molecule has 3 rings (SSSR count). The minimum atomic E-state index is -0.121. The number of rotatable bonds is 7. The van der Waals surface area contributed by atoms with Crippen LogP contribution in [-0.4, -0.2) is 38.6 Å². The Balaban J connectivity index is 1.42. The van der Waals surface area contributed by atoms with Gasteiger partial charge in [-0.05, 0) is 38.0 Å². The molecule has 0 fully saturated rings. The van der Waals surface area contributed by atoms with Crippen LogP contribution in [0.3, 0.4) is 0 Å². The summed E-state index contributed by atoms with van der Waals surface area (Å²) in [6.07, 6.45) is 2.62. The Bertz CT molecular complexity index is 881. The van der Waals surface area contributed by atoms with E-state index in [-0.39, 0.29) is 12.5 Å². The molecule has 0 bridgehead atoms. The summed E-state index contributed by atoms with van der Waals surface area (Å²) in [6.45, 7) is 5.30. The number of carbonyl (C=O) groups is 1. The van der Waals surface area contributed by atoms with E-state index in [1.807, 2.05) is 60.7 Å². The highest BCUT2D eigenvalue weighted by atomic mass is 16.5. The number of aromatic nitrogens is 4. The Labute approximate surface area is 146 Å². The van der Waals surface area contributed by atoms with Crippen LogP contribution in [-0.2, 0) is 18.4 Å². The number of nitrogens with zero attached hydrogens (tertiary/aromatic N) is 4. The van der Waals surface area contributed by atoms with Crippen molar-refractivity contribution < 1.29 is 9.53 Å². The summed E-state index contributed by atoms with van der Waals surface area (Å²) < 4.78 is 9.26. The standard InChI is InChI=1S/C18H23N5O2/c1-13-6-4-7-15(10-13)25-12-17(24)19-8-5-9-23-18-14(2)21-22(3)16(18)11-20-23/h4,6-7,10-11H,5,8-9,12H2,1-3H3,(H,19,24). The lowest BCUT2D eigenvalue weighted by molar-refractivity contribution is -0.123. The molecule has 1 N–H and O–H groups in total. The van der Waals surface area contributed by atoms with Crippen LogP contribution in [0, 0.1) is 13.8 Å². The Hall–Kier alpha value is -2.83. The van der Waals surface area contributed by atoms with E-state index in [9.17, 15) is 4.79 Å². The fraction of sp³-hybridized carbons (Fsp3) is 0.389. The van der Waals surface area contributed by atoms with Crippen LogP contribution in [0.25, 0.3) is 11.0 Å². The third-order valence-electron chi connectivity index (χ3n) is 4.04. The van der Waals surface area contributed by atoms with E-state index < -0.39 is 0 Å². The van der Waals surface area contributed by atoms with Crippen molar-refractivity contribution in [2.75, 3.05) is 13.2 Å². The molecule has 2 heterocycles. The van der Waals surface area contributed by atoms with E-state index in [0.29, 0.717) is 12.3 Å². The molecule has 0 saturated carbocycles. The molecule has 0 aliphatic rings. The summed E-state index contributed by atoms with van der Waals surface area (Å²) in [4.78, 5) is 11.9. The highest BCUT2D eigenvalue weighted by Gasteiger charge is 2.11. The van der Waals surface area contributed by atoms with Gasteiger partial charge in [-0.1, -0.05) is 12.1 Å². The minimum Gasteiger partial charge on any atom is -0.484 e. The maximum absolute atomic E-state index is 11.9. The van der Waals surface area contributed by atoms with Gasteiger partial charge in [0.15, 0.2) is 6.61 Å². The lowest BCUT2D eigenvalue weighted by Gasteiger charge is -2.08. The predicted molar refractivity (Wildman–Crippen MR) is 95.5 cm³/mol. The first kappa shape index (κ1) is 17.0. The van der Waals surface area contributed by atoms with Gasteiger partial charge in [0.1, 0.15) is 16.8 Å². The Morgan fingerprint density at radius 2 is 2.16 bits per heavy atom. The molecule has 25 heavy (non-hydrogen) atoms. The molecule has 1 aromatic carbocycles. The Morgan fingerprint density at radius 1 is 1.32 bits per heavy atom. The van der Waals surface area contributed by atoms with Gasteiger partial charge in [0.05, 0.1) is 11.9 Å². The lowest BCUT2D eigenvalue weighted by atomic mass is 10.2. The van der Waals surface area contributed by atoms with Gasteiger partial charge in [-0.3, -0.25) is 14.2 Å². The van der Waals surface area contributed by atoms with Crippen LogP contribution >= 0.6 is 0 Å². The minimum absolute atomic E-state index is 0.0250. The Morgan fingerprint density at radius 3 is 2.96 bits per heavy atom. The van der Waals surface area contributed by atoms with Crippen molar-refractivity contribution in [2.45, 2.75) is 26.8 Å². The van der Waals surface area contributed by atoms with Crippen molar-refractivity contribution in [3.8, 4) is 5.75 Å². The molecular weight excluding hydrogens is 318 g/mol. The van der Waals surface area contributed by atoms with Gasteiger partial charge in [0.25, 0.3) is 5.91 Å². The molecule has 0 saturated heterocycles. The fourth-order valence-corrected chi connectivity index (χ4v) is 2.84. The summed E-state index contributed by atoms with van der Waals surface area (Å²) in [5, 5.41) is 11.7. The summed E-state index contributed by atoms with van der Waals surface area (Å²) in [7, 11) is 1.91. The summed E-state index contributed by atoms with van der Waals surface area (Å²) in [6, 6.07) is 7.66. The number of hydrogen-bond acceptors (Lipinski definition) is 4. The maximum Gasteiger partial charge on any atom is 0.257 e. The molecule has 3 aromatic rings. The van der Waals surface area contributed by atoms with E-state index in [1.165, 1.54) is 0 Å². The molecule has 0 atom stereocenters. The molecule has 0 unspecified atom stereocenters. The van der Waals surface area contributed by atoms with Crippen LogP contribution < -0.4 is 10.1 Å². The van der Waals surface area contributed by atoms with E-state index in [4.69, 9.17) is 4.74 Å². The van der Waals surface area contributed by atoms with E-state index >= 15 is 0 Å². The highest BCUT2D eigenvalue weighted by molar-refractivity contribution is 5.78. The monoisotopic (exact) mass is 341 g/mol. The summed E-state index contributed by atoms with van der Waals surface area (Å²) in [5.74, 6) is 0.589. The molecule has 0 aliphatic carbocycles.